The van der Waals surface area contributed by atoms with Gasteiger partial charge < -0.3 is 19.9 Å². The molecule has 2 N–H and O–H groups in total. The normalized spacial score (nSPS) is 13.6. The fourth-order valence-electron chi connectivity index (χ4n) is 2.17. The van der Waals surface area contributed by atoms with Crippen LogP contribution in [0.5, 0.6) is 5.75 Å². The fraction of sp³-hybridized carbons (Fsp3) is 0.529. The summed E-state index contributed by atoms with van der Waals surface area (Å²) in [6, 6.07) is 7.15. The van der Waals surface area contributed by atoms with Gasteiger partial charge in [0.2, 0.25) is 0 Å². The molecular formula is C17H22F3NO5. The van der Waals surface area contributed by atoms with Crippen molar-refractivity contribution in [1.29, 1.82) is 0 Å². The van der Waals surface area contributed by atoms with Gasteiger partial charge in [-0.1, -0.05) is 12.1 Å². The summed E-state index contributed by atoms with van der Waals surface area (Å²) in [4.78, 5) is 22.7. The van der Waals surface area contributed by atoms with Crippen LogP contribution >= 0.6 is 0 Å². The molecule has 0 unspecified atom stereocenters. The highest BCUT2D eigenvalue weighted by Crippen LogP contribution is 2.16. The second kappa shape index (κ2) is 10.0. The van der Waals surface area contributed by atoms with Gasteiger partial charge in [0.1, 0.15) is 5.75 Å². The number of benzene rings is 1. The topological polar surface area (TPSA) is 84.9 Å². The third kappa shape index (κ3) is 7.30. The minimum absolute atomic E-state index is 0.0588. The van der Waals surface area contributed by atoms with Crippen molar-refractivity contribution >= 4 is 11.9 Å². The van der Waals surface area contributed by atoms with E-state index in [1.54, 1.807) is 24.6 Å². The lowest BCUT2D eigenvalue weighted by molar-refractivity contribution is -0.173. The first kappa shape index (κ1) is 21.8. The average molecular weight is 377 g/mol. The van der Waals surface area contributed by atoms with Crippen LogP contribution in [-0.2, 0) is 20.7 Å². The lowest BCUT2D eigenvalue weighted by atomic mass is 10.00. The zero-order valence-corrected chi connectivity index (χ0v) is 14.5. The summed E-state index contributed by atoms with van der Waals surface area (Å²) < 4.78 is 46.4. The summed E-state index contributed by atoms with van der Waals surface area (Å²) in [6.45, 7) is 0.992. The molecule has 0 fully saturated rings. The maximum Gasteiger partial charge on any atom is 0.471 e. The molecule has 1 amide bonds. The molecule has 0 aliphatic carbocycles. The van der Waals surface area contributed by atoms with Crippen LogP contribution in [0.25, 0.3) is 0 Å². The Kier molecular flexibility index (Phi) is 8.37. The average Bonchev–Trinajstić information content (AvgIpc) is 2.57. The number of carbonyl (C=O) groups excluding carboxylic acids is 2. The van der Waals surface area contributed by atoms with Gasteiger partial charge >= 0.3 is 18.1 Å². The fourth-order valence-corrected chi connectivity index (χ4v) is 2.17. The number of aliphatic hydroxyl groups is 1. The maximum absolute atomic E-state index is 12.1. The number of aliphatic hydroxyl groups excluding tert-OH is 1. The minimum atomic E-state index is -4.99. The second-order valence-corrected chi connectivity index (χ2v) is 5.66. The van der Waals surface area contributed by atoms with E-state index in [1.807, 2.05) is 12.1 Å². The number of hydrogen-bond acceptors (Lipinski definition) is 5. The molecule has 26 heavy (non-hydrogen) atoms. The van der Waals surface area contributed by atoms with E-state index in [-0.39, 0.29) is 13.0 Å². The van der Waals surface area contributed by atoms with E-state index in [0.29, 0.717) is 12.2 Å². The predicted octanol–water partition coefficient (Wildman–Crippen LogP) is 1.85. The van der Waals surface area contributed by atoms with Crippen molar-refractivity contribution in [3.63, 3.8) is 0 Å². The zero-order valence-electron chi connectivity index (χ0n) is 14.5. The van der Waals surface area contributed by atoms with E-state index in [4.69, 9.17) is 9.47 Å². The Hall–Kier alpha value is -2.29. The van der Waals surface area contributed by atoms with Crippen molar-refractivity contribution in [2.75, 3.05) is 20.3 Å². The van der Waals surface area contributed by atoms with Crippen molar-refractivity contribution in [3.05, 3.63) is 29.8 Å². The number of amides is 1. The van der Waals surface area contributed by atoms with Crippen molar-refractivity contribution in [2.24, 2.45) is 5.92 Å². The van der Waals surface area contributed by atoms with Crippen LogP contribution in [0.4, 0.5) is 13.2 Å². The summed E-state index contributed by atoms with van der Waals surface area (Å²) in [6.07, 6.45) is -5.83. The van der Waals surface area contributed by atoms with Crippen molar-refractivity contribution in [3.8, 4) is 5.75 Å². The molecule has 0 spiro atoms. The van der Waals surface area contributed by atoms with E-state index in [1.165, 1.54) is 6.92 Å². The molecule has 1 aromatic rings. The largest absolute Gasteiger partial charge is 0.497 e. The van der Waals surface area contributed by atoms with Crippen LogP contribution in [0, 0.1) is 5.92 Å². The summed E-state index contributed by atoms with van der Waals surface area (Å²) in [5.74, 6) is -3.15. The van der Waals surface area contributed by atoms with Crippen LogP contribution in [0.1, 0.15) is 18.9 Å². The number of esters is 1. The summed E-state index contributed by atoms with van der Waals surface area (Å²) >= 11 is 0. The molecule has 0 bridgehead atoms. The quantitative estimate of drug-likeness (QED) is 0.642. The van der Waals surface area contributed by atoms with Crippen molar-refractivity contribution in [2.45, 2.75) is 32.0 Å². The van der Waals surface area contributed by atoms with Crippen molar-refractivity contribution in [1.82, 2.24) is 5.32 Å². The standard InChI is InChI=1S/C17H22F3NO5/c1-11(22)14(7-9-21-16(24)17(18,19)20)15(23)26-10-8-12-3-5-13(25-2)6-4-12/h3-6,11,14,22H,7-10H2,1-2H3,(H,21,24)/t11-,14+/m1/s1. The molecule has 146 valence electrons. The Morgan fingerprint density at radius 3 is 2.35 bits per heavy atom. The predicted molar refractivity (Wildman–Crippen MR) is 86.5 cm³/mol. The number of hydrogen-bond donors (Lipinski definition) is 2. The molecule has 1 aromatic carbocycles. The molecule has 0 aromatic heterocycles. The van der Waals surface area contributed by atoms with Gasteiger partial charge in [-0.2, -0.15) is 13.2 Å². The van der Waals surface area contributed by atoms with E-state index >= 15 is 0 Å². The molecule has 0 aliphatic rings. The lowest BCUT2D eigenvalue weighted by Gasteiger charge is -2.19. The van der Waals surface area contributed by atoms with Crippen LogP contribution in [0.2, 0.25) is 0 Å². The third-order valence-electron chi connectivity index (χ3n) is 3.68. The first-order chi connectivity index (χ1) is 12.1. The van der Waals surface area contributed by atoms with Crippen molar-refractivity contribution < 1.29 is 37.3 Å². The van der Waals surface area contributed by atoms with Gasteiger partial charge in [0, 0.05) is 13.0 Å². The second-order valence-electron chi connectivity index (χ2n) is 5.66. The van der Waals surface area contributed by atoms with Gasteiger partial charge in [-0.3, -0.25) is 9.59 Å². The van der Waals surface area contributed by atoms with Crippen LogP contribution in [-0.4, -0.2) is 49.5 Å². The number of halogens is 3. The van der Waals surface area contributed by atoms with Gasteiger partial charge in [0.05, 0.1) is 25.7 Å². The van der Waals surface area contributed by atoms with E-state index in [9.17, 15) is 27.9 Å². The minimum Gasteiger partial charge on any atom is -0.497 e. The Balaban J connectivity index is 2.43. The van der Waals surface area contributed by atoms with Crippen LogP contribution < -0.4 is 10.1 Å². The highest BCUT2D eigenvalue weighted by molar-refractivity contribution is 5.81. The van der Waals surface area contributed by atoms with E-state index in [2.05, 4.69) is 0 Å². The highest BCUT2D eigenvalue weighted by Gasteiger charge is 2.38. The summed E-state index contributed by atoms with van der Waals surface area (Å²) in [5, 5.41) is 11.3. The van der Waals surface area contributed by atoms with Gasteiger partial charge in [-0.05, 0) is 31.0 Å². The zero-order chi connectivity index (χ0) is 19.7. The van der Waals surface area contributed by atoms with Gasteiger partial charge in [-0.15, -0.1) is 0 Å². The van der Waals surface area contributed by atoms with E-state index < -0.39 is 36.6 Å². The molecule has 0 radical (unpaired) electrons. The van der Waals surface area contributed by atoms with Gasteiger partial charge in [0.15, 0.2) is 0 Å². The number of rotatable bonds is 9. The molecule has 6 nitrogen and oxygen atoms in total. The monoisotopic (exact) mass is 377 g/mol. The number of alkyl halides is 3. The van der Waals surface area contributed by atoms with Crippen LogP contribution in [0.15, 0.2) is 24.3 Å². The lowest BCUT2D eigenvalue weighted by Crippen LogP contribution is -2.39. The molecule has 1 rings (SSSR count). The Labute approximate surface area is 149 Å². The molecular weight excluding hydrogens is 355 g/mol. The third-order valence-corrected chi connectivity index (χ3v) is 3.68. The SMILES string of the molecule is COc1ccc(CCOC(=O)[C@@H](CCNC(=O)C(F)(F)F)[C@@H](C)O)cc1. The summed E-state index contributed by atoms with van der Waals surface area (Å²) in [7, 11) is 1.55. The first-order valence-electron chi connectivity index (χ1n) is 7.97. The number of carbonyl (C=O) groups is 2. The molecule has 0 saturated heterocycles. The number of methoxy groups -OCH3 is 1. The molecule has 0 heterocycles. The van der Waals surface area contributed by atoms with Crippen LogP contribution in [0.3, 0.4) is 0 Å². The molecule has 9 heteroatoms. The Morgan fingerprint density at radius 2 is 1.85 bits per heavy atom. The van der Waals surface area contributed by atoms with Gasteiger partial charge in [-0.25, -0.2) is 0 Å². The molecule has 0 saturated carbocycles. The maximum atomic E-state index is 12.1. The molecule has 2 atom stereocenters. The summed E-state index contributed by atoms with van der Waals surface area (Å²) in [5.41, 5.74) is 0.907. The number of nitrogens with one attached hydrogen (secondary N) is 1. The van der Waals surface area contributed by atoms with E-state index in [0.717, 1.165) is 5.56 Å². The smallest absolute Gasteiger partial charge is 0.471 e. The highest BCUT2D eigenvalue weighted by atomic mass is 19.4. The Bertz CT molecular complexity index is 587. The first-order valence-corrected chi connectivity index (χ1v) is 7.97. The number of ether oxygens (including phenoxy) is 2. The molecule has 0 aliphatic heterocycles. The van der Waals surface area contributed by atoms with Gasteiger partial charge in [0.25, 0.3) is 0 Å². The Morgan fingerprint density at radius 1 is 1.23 bits per heavy atom.